The van der Waals surface area contributed by atoms with Crippen LogP contribution in [0.4, 0.5) is 19.3 Å². The van der Waals surface area contributed by atoms with E-state index in [9.17, 15) is 22.0 Å². The van der Waals surface area contributed by atoms with Crippen molar-refractivity contribution < 1.29 is 26.7 Å². The molecule has 0 spiro atoms. The van der Waals surface area contributed by atoms with Gasteiger partial charge in [0.25, 0.3) is 0 Å². The SMILES string of the molecule is C/C=C(/Br)C(F)C=C/C(=C(\C)F)S(=O)(=O)N1CCC(N2C(=O)OCc3cc(Cl)ccc32)CC1. The van der Waals surface area contributed by atoms with Crippen molar-refractivity contribution in [2.75, 3.05) is 18.0 Å². The Morgan fingerprint density at radius 3 is 2.61 bits per heavy atom. The van der Waals surface area contributed by atoms with E-state index in [0.29, 0.717) is 23.6 Å². The second kappa shape index (κ2) is 10.7. The maximum atomic E-state index is 14.2. The van der Waals surface area contributed by atoms with E-state index in [0.717, 1.165) is 28.9 Å². The summed E-state index contributed by atoms with van der Waals surface area (Å²) in [5.74, 6) is -0.928. The molecule has 1 aromatic carbocycles. The van der Waals surface area contributed by atoms with Crippen molar-refractivity contribution in [3.63, 3.8) is 0 Å². The lowest BCUT2D eigenvalue weighted by Crippen LogP contribution is -2.50. The lowest BCUT2D eigenvalue weighted by Gasteiger charge is -2.39. The standard InChI is InChI=1S/C22H24BrClF2N2O4S/c1-3-18(23)19(26)5-7-21(14(2)25)33(30,31)27-10-8-17(9-11-27)28-20-6-4-16(24)12-15(20)13-32-22(28)29/h3-7,12,17,19H,8-11,13H2,1-2H3/b7-5?,18-3+,21-14-. The summed E-state index contributed by atoms with van der Waals surface area (Å²) >= 11 is 9.08. The number of halogens is 4. The molecule has 2 heterocycles. The third kappa shape index (κ3) is 5.67. The van der Waals surface area contributed by atoms with Crippen LogP contribution in [-0.4, -0.2) is 44.1 Å². The van der Waals surface area contributed by atoms with Crippen molar-refractivity contribution in [1.82, 2.24) is 4.31 Å². The van der Waals surface area contributed by atoms with Gasteiger partial charge in [0.1, 0.15) is 23.5 Å². The maximum absolute atomic E-state index is 14.2. The summed E-state index contributed by atoms with van der Waals surface area (Å²) in [4.78, 5) is 13.4. The lowest BCUT2D eigenvalue weighted by atomic mass is 10.0. The van der Waals surface area contributed by atoms with E-state index in [1.165, 1.54) is 11.0 Å². The number of benzene rings is 1. The first kappa shape index (κ1) is 25.9. The van der Waals surface area contributed by atoms with E-state index < -0.39 is 33.0 Å². The van der Waals surface area contributed by atoms with Crippen LogP contribution in [0, 0.1) is 0 Å². The number of ether oxygens (including phenoxy) is 1. The Morgan fingerprint density at radius 2 is 2.00 bits per heavy atom. The topological polar surface area (TPSA) is 66.9 Å². The zero-order valence-corrected chi connectivity index (χ0v) is 21.3. The first-order chi connectivity index (χ1) is 15.6. The molecule has 1 saturated heterocycles. The first-order valence-corrected chi connectivity index (χ1v) is 12.9. The van der Waals surface area contributed by atoms with Crippen molar-refractivity contribution in [2.24, 2.45) is 0 Å². The molecule has 11 heteroatoms. The van der Waals surface area contributed by atoms with Crippen molar-refractivity contribution >= 4 is 49.3 Å². The summed E-state index contributed by atoms with van der Waals surface area (Å²) in [6, 6.07) is 4.87. The van der Waals surface area contributed by atoms with Crippen molar-refractivity contribution in [3.05, 3.63) is 62.2 Å². The van der Waals surface area contributed by atoms with E-state index in [4.69, 9.17) is 16.3 Å². The highest BCUT2D eigenvalue weighted by molar-refractivity contribution is 9.11. The number of nitrogens with zero attached hydrogens (tertiary/aromatic N) is 2. The predicted octanol–water partition coefficient (Wildman–Crippen LogP) is 5.98. The Labute approximate surface area is 205 Å². The smallest absolute Gasteiger partial charge is 0.414 e. The monoisotopic (exact) mass is 564 g/mol. The van der Waals surface area contributed by atoms with Gasteiger partial charge in [0.05, 0.1) is 5.69 Å². The fourth-order valence-electron chi connectivity index (χ4n) is 3.84. The second-order valence-electron chi connectivity index (χ2n) is 7.67. The third-order valence-corrected chi connectivity index (χ3v) is 8.70. The molecule has 6 nitrogen and oxygen atoms in total. The Morgan fingerprint density at radius 1 is 1.33 bits per heavy atom. The number of alkyl halides is 1. The Bertz CT molecular complexity index is 1110. The zero-order valence-electron chi connectivity index (χ0n) is 18.1. The molecule has 0 radical (unpaired) electrons. The van der Waals surface area contributed by atoms with Gasteiger partial charge in [-0.25, -0.2) is 22.0 Å². The average Bonchev–Trinajstić information content (AvgIpc) is 2.78. The van der Waals surface area contributed by atoms with Gasteiger partial charge in [0.2, 0.25) is 10.0 Å². The quantitative estimate of drug-likeness (QED) is 0.398. The van der Waals surface area contributed by atoms with E-state index in [2.05, 4.69) is 15.9 Å². The predicted molar refractivity (Wildman–Crippen MR) is 128 cm³/mol. The van der Waals surface area contributed by atoms with E-state index in [-0.39, 0.29) is 30.2 Å². The molecule has 1 unspecified atom stereocenters. The van der Waals surface area contributed by atoms with Crippen LogP contribution >= 0.6 is 27.5 Å². The number of rotatable bonds is 6. The van der Waals surface area contributed by atoms with Gasteiger partial charge in [0, 0.05) is 34.2 Å². The van der Waals surface area contributed by atoms with Crippen LogP contribution in [0.5, 0.6) is 0 Å². The molecule has 2 aliphatic rings. The molecular weight excluding hydrogens is 542 g/mol. The minimum absolute atomic E-state index is 0.0714. The first-order valence-electron chi connectivity index (χ1n) is 10.3. The fourth-order valence-corrected chi connectivity index (χ4v) is 5.76. The number of sulfonamides is 1. The number of fused-ring (bicyclic) bond motifs is 1. The number of allylic oxidation sites excluding steroid dienone is 5. The van der Waals surface area contributed by atoms with Crippen molar-refractivity contribution in [3.8, 4) is 0 Å². The minimum Gasteiger partial charge on any atom is -0.444 e. The summed E-state index contributed by atoms with van der Waals surface area (Å²) in [5.41, 5.74) is 1.46. The number of hydrogen-bond donors (Lipinski definition) is 0. The molecule has 2 aliphatic heterocycles. The summed E-state index contributed by atoms with van der Waals surface area (Å²) in [7, 11) is -4.19. The van der Waals surface area contributed by atoms with Crippen LogP contribution in [0.3, 0.4) is 0 Å². The number of hydrogen-bond acceptors (Lipinski definition) is 4. The molecule has 0 aliphatic carbocycles. The van der Waals surface area contributed by atoms with Crippen LogP contribution in [0.2, 0.25) is 5.02 Å². The van der Waals surface area contributed by atoms with Gasteiger partial charge < -0.3 is 4.74 Å². The van der Waals surface area contributed by atoms with Crippen LogP contribution in [-0.2, 0) is 21.4 Å². The zero-order chi connectivity index (χ0) is 24.3. The number of carbonyl (C=O) groups is 1. The van der Waals surface area contributed by atoms with Crippen LogP contribution < -0.4 is 4.90 Å². The highest BCUT2D eigenvalue weighted by atomic mass is 79.9. The second-order valence-corrected chi connectivity index (χ2v) is 10.9. The lowest BCUT2D eigenvalue weighted by molar-refractivity contribution is 0.136. The number of cyclic esters (lactones) is 1. The molecule has 3 rings (SSSR count). The number of amides is 1. The van der Waals surface area contributed by atoms with Gasteiger partial charge in [-0.05, 0) is 57.0 Å². The Balaban J connectivity index is 1.76. The molecule has 1 amide bonds. The summed E-state index contributed by atoms with van der Waals surface area (Å²) in [5, 5.41) is 0.526. The molecule has 1 atom stereocenters. The molecule has 0 aromatic heterocycles. The molecule has 180 valence electrons. The minimum atomic E-state index is -4.19. The highest BCUT2D eigenvalue weighted by Gasteiger charge is 2.38. The number of anilines is 1. The molecular formula is C22H24BrClF2N2O4S. The molecule has 1 fully saturated rings. The Hall–Kier alpha value is -1.75. The summed E-state index contributed by atoms with van der Waals surface area (Å²) in [6.07, 6.45) is 1.98. The summed E-state index contributed by atoms with van der Waals surface area (Å²) < 4.78 is 61.0. The molecule has 0 N–H and O–H groups in total. The van der Waals surface area contributed by atoms with Gasteiger partial charge in [-0.3, -0.25) is 4.90 Å². The third-order valence-electron chi connectivity index (χ3n) is 5.55. The molecule has 0 saturated carbocycles. The maximum Gasteiger partial charge on any atom is 0.414 e. The highest BCUT2D eigenvalue weighted by Crippen LogP contribution is 2.34. The fraction of sp³-hybridized carbons (Fsp3) is 0.409. The van der Waals surface area contributed by atoms with Crippen molar-refractivity contribution in [2.45, 2.75) is 45.5 Å². The molecule has 1 aromatic rings. The van der Waals surface area contributed by atoms with Crippen LogP contribution in [0.25, 0.3) is 0 Å². The van der Waals surface area contributed by atoms with E-state index >= 15 is 0 Å². The Kier molecular flexibility index (Phi) is 8.36. The van der Waals surface area contributed by atoms with Crippen LogP contribution in [0.1, 0.15) is 32.3 Å². The van der Waals surface area contributed by atoms with Gasteiger partial charge in [-0.2, -0.15) is 4.31 Å². The summed E-state index contributed by atoms with van der Waals surface area (Å²) in [6.45, 7) is 2.90. The number of piperidine rings is 1. The van der Waals surface area contributed by atoms with E-state index in [1.54, 1.807) is 25.1 Å². The van der Waals surface area contributed by atoms with Crippen LogP contribution in [0.15, 0.2) is 51.6 Å². The largest absolute Gasteiger partial charge is 0.444 e. The molecule has 0 bridgehead atoms. The van der Waals surface area contributed by atoms with Gasteiger partial charge >= 0.3 is 6.09 Å². The van der Waals surface area contributed by atoms with Crippen molar-refractivity contribution in [1.29, 1.82) is 0 Å². The van der Waals surface area contributed by atoms with Gasteiger partial charge in [-0.15, -0.1) is 0 Å². The van der Waals surface area contributed by atoms with E-state index in [1.807, 2.05) is 0 Å². The average molecular weight is 566 g/mol. The van der Waals surface area contributed by atoms with Gasteiger partial charge in [0.15, 0.2) is 0 Å². The molecule has 33 heavy (non-hydrogen) atoms. The van der Waals surface area contributed by atoms with Gasteiger partial charge in [-0.1, -0.05) is 33.6 Å². The number of carbonyl (C=O) groups excluding carboxylic acids is 1. The normalized spacial score (nSPS) is 20.5.